The topological polar surface area (TPSA) is 17.0 Å². The number of halogens is 4. The van der Waals surface area contributed by atoms with Crippen molar-refractivity contribution in [1.82, 2.24) is 9.88 Å². The van der Waals surface area contributed by atoms with Gasteiger partial charge in [-0.25, -0.2) is 4.39 Å². The predicted molar refractivity (Wildman–Crippen MR) is 124 cm³/mol. The first-order valence-electron chi connectivity index (χ1n) is 9.66. The lowest BCUT2D eigenvalue weighted by atomic mass is 10.1. The Morgan fingerprint density at radius 3 is 2.40 bits per heavy atom. The molecule has 0 aliphatic rings. The van der Waals surface area contributed by atoms with E-state index >= 15 is 0 Å². The van der Waals surface area contributed by atoms with E-state index in [0.717, 1.165) is 36.2 Å². The van der Waals surface area contributed by atoms with Crippen LogP contribution in [-0.4, -0.2) is 11.1 Å². The molecule has 6 heteroatoms. The lowest BCUT2D eigenvalue weighted by Gasteiger charge is -2.08. The molecule has 0 aliphatic heterocycles. The summed E-state index contributed by atoms with van der Waals surface area (Å²) in [5, 5.41) is 6.46. The standard InChI is InChI=1S/C24H20Cl3FN2/c25-19-7-5-16(22(26)11-19)9-10-29-13-18-15-30(24-4-2-1-3-21(18)24)14-17-6-8-20(28)12-23(17)27/h1-8,11-12,15,29H,9-10,13-14H2. The quantitative estimate of drug-likeness (QED) is 0.290. The molecule has 0 saturated carbocycles. The molecular formula is C24H20Cl3FN2. The highest BCUT2D eigenvalue weighted by Gasteiger charge is 2.10. The third-order valence-electron chi connectivity index (χ3n) is 5.13. The zero-order chi connectivity index (χ0) is 21.1. The summed E-state index contributed by atoms with van der Waals surface area (Å²) >= 11 is 18.5. The Morgan fingerprint density at radius 1 is 0.833 bits per heavy atom. The van der Waals surface area contributed by atoms with E-state index in [1.54, 1.807) is 12.1 Å². The first-order chi connectivity index (χ1) is 14.5. The molecule has 3 aromatic carbocycles. The Kier molecular flexibility index (Phi) is 6.64. The Bertz CT molecular complexity index is 1190. The van der Waals surface area contributed by atoms with Crippen LogP contribution in [0.2, 0.25) is 15.1 Å². The number of hydrogen-bond donors (Lipinski definition) is 1. The fourth-order valence-electron chi connectivity index (χ4n) is 3.60. The van der Waals surface area contributed by atoms with E-state index in [1.165, 1.54) is 23.1 Å². The van der Waals surface area contributed by atoms with Crippen molar-refractivity contribution >= 4 is 45.7 Å². The predicted octanol–water partition coefficient (Wildman–Crippen LogP) is 7.12. The number of aromatic nitrogens is 1. The van der Waals surface area contributed by atoms with E-state index in [1.807, 2.05) is 24.3 Å². The van der Waals surface area contributed by atoms with Crippen molar-refractivity contribution in [2.24, 2.45) is 0 Å². The number of benzene rings is 3. The molecule has 154 valence electrons. The maximum atomic E-state index is 13.4. The Balaban J connectivity index is 1.48. The molecule has 1 heterocycles. The smallest absolute Gasteiger partial charge is 0.124 e. The first kappa shape index (κ1) is 21.2. The van der Waals surface area contributed by atoms with E-state index in [2.05, 4.69) is 28.2 Å². The average Bonchev–Trinajstić information content (AvgIpc) is 3.06. The Labute approximate surface area is 190 Å². The second-order valence-corrected chi connectivity index (χ2v) is 8.45. The minimum Gasteiger partial charge on any atom is -0.343 e. The van der Waals surface area contributed by atoms with Crippen LogP contribution in [0.4, 0.5) is 4.39 Å². The van der Waals surface area contributed by atoms with E-state index < -0.39 is 0 Å². The molecule has 1 N–H and O–H groups in total. The van der Waals surface area contributed by atoms with Crippen molar-refractivity contribution < 1.29 is 4.39 Å². The van der Waals surface area contributed by atoms with E-state index in [4.69, 9.17) is 34.8 Å². The van der Waals surface area contributed by atoms with Crippen molar-refractivity contribution in [3.63, 3.8) is 0 Å². The number of nitrogens with one attached hydrogen (secondary N) is 1. The number of para-hydroxylation sites is 1. The summed E-state index contributed by atoms with van der Waals surface area (Å²) in [6.07, 6.45) is 2.95. The fraction of sp³-hybridized carbons (Fsp3) is 0.167. The molecule has 2 nitrogen and oxygen atoms in total. The molecular weight excluding hydrogens is 442 g/mol. The Morgan fingerprint density at radius 2 is 1.60 bits per heavy atom. The van der Waals surface area contributed by atoms with Gasteiger partial charge in [-0.15, -0.1) is 0 Å². The van der Waals surface area contributed by atoms with Crippen molar-refractivity contribution in [2.45, 2.75) is 19.5 Å². The van der Waals surface area contributed by atoms with Crippen LogP contribution in [0.25, 0.3) is 10.9 Å². The summed E-state index contributed by atoms with van der Waals surface area (Å²) in [5.74, 6) is -0.327. The van der Waals surface area contributed by atoms with Crippen LogP contribution in [-0.2, 0) is 19.5 Å². The molecule has 0 amide bonds. The summed E-state index contributed by atoms with van der Waals surface area (Å²) in [6.45, 7) is 2.11. The molecule has 1 aromatic heterocycles. The SMILES string of the molecule is Fc1ccc(Cn2cc(CNCCc3ccc(Cl)cc3Cl)c3ccccc32)c(Cl)c1. The normalized spacial score (nSPS) is 11.3. The second kappa shape index (κ2) is 9.40. The molecule has 0 fully saturated rings. The van der Waals surface area contributed by atoms with Crippen molar-refractivity contribution in [3.8, 4) is 0 Å². The highest BCUT2D eigenvalue weighted by atomic mass is 35.5. The Hall–Kier alpha value is -2.04. The first-order valence-corrected chi connectivity index (χ1v) is 10.8. The van der Waals surface area contributed by atoms with Crippen LogP contribution in [0.3, 0.4) is 0 Å². The summed E-state index contributed by atoms with van der Waals surface area (Å²) in [6, 6.07) is 18.4. The zero-order valence-electron chi connectivity index (χ0n) is 16.1. The average molecular weight is 462 g/mol. The fourth-order valence-corrected chi connectivity index (χ4v) is 4.33. The van der Waals surface area contributed by atoms with Crippen LogP contribution >= 0.6 is 34.8 Å². The number of hydrogen-bond acceptors (Lipinski definition) is 1. The highest BCUT2D eigenvalue weighted by Crippen LogP contribution is 2.25. The van der Waals surface area contributed by atoms with E-state index in [9.17, 15) is 4.39 Å². The molecule has 30 heavy (non-hydrogen) atoms. The minimum atomic E-state index is -0.327. The third-order valence-corrected chi connectivity index (χ3v) is 6.07. The zero-order valence-corrected chi connectivity index (χ0v) is 18.4. The van der Waals surface area contributed by atoms with Crippen molar-refractivity contribution in [1.29, 1.82) is 0 Å². The van der Waals surface area contributed by atoms with Crippen molar-refractivity contribution in [3.05, 3.63) is 104 Å². The van der Waals surface area contributed by atoms with Crippen LogP contribution in [0.5, 0.6) is 0 Å². The van der Waals surface area contributed by atoms with Crippen LogP contribution in [0.15, 0.2) is 66.9 Å². The van der Waals surface area contributed by atoms with Gasteiger partial charge < -0.3 is 9.88 Å². The molecule has 0 saturated heterocycles. The minimum absolute atomic E-state index is 0.327. The van der Waals surface area contributed by atoms with Crippen LogP contribution < -0.4 is 5.32 Å². The molecule has 4 aromatic rings. The van der Waals surface area contributed by atoms with Gasteiger partial charge in [0.15, 0.2) is 0 Å². The van der Waals surface area contributed by atoms with Crippen molar-refractivity contribution in [2.75, 3.05) is 6.54 Å². The van der Waals surface area contributed by atoms with Gasteiger partial charge in [0.05, 0.1) is 0 Å². The molecule has 0 bridgehead atoms. The van der Waals surface area contributed by atoms with Gasteiger partial charge in [-0.2, -0.15) is 0 Å². The maximum absolute atomic E-state index is 13.4. The van der Waals surface area contributed by atoms with Gasteiger partial charge in [0.25, 0.3) is 0 Å². The van der Waals surface area contributed by atoms with Gasteiger partial charge in [0, 0.05) is 45.3 Å². The number of rotatable bonds is 7. The van der Waals surface area contributed by atoms with Gasteiger partial charge in [-0.3, -0.25) is 0 Å². The van der Waals surface area contributed by atoms with Crippen LogP contribution in [0, 0.1) is 5.82 Å². The lowest BCUT2D eigenvalue weighted by Crippen LogP contribution is -2.16. The summed E-state index contributed by atoms with van der Waals surface area (Å²) in [7, 11) is 0. The second-order valence-electron chi connectivity index (χ2n) is 7.20. The molecule has 0 aliphatic carbocycles. The molecule has 0 atom stereocenters. The monoisotopic (exact) mass is 460 g/mol. The molecule has 0 radical (unpaired) electrons. The van der Waals surface area contributed by atoms with Gasteiger partial charge >= 0.3 is 0 Å². The third kappa shape index (κ3) is 4.81. The van der Waals surface area contributed by atoms with E-state index in [-0.39, 0.29) is 5.82 Å². The highest BCUT2D eigenvalue weighted by molar-refractivity contribution is 6.35. The van der Waals surface area contributed by atoms with E-state index in [0.29, 0.717) is 21.6 Å². The summed E-state index contributed by atoms with van der Waals surface area (Å²) in [5.41, 5.74) is 4.28. The lowest BCUT2D eigenvalue weighted by molar-refractivity contribution is 0.626. The largest absolute Gasteiger partial charge is 0.343 e. The summed E-state index contributed by atoms with van der Waals surface area (Å²) in [4.78, 5) is 0. The maximum Gasteiger partial charge on any atom is 0.124 e. The van der Waals surface area contributed by atoms with Gasteiger partial charge in [0.2, 0.25) is 0 Å². The van der Waals surface area contributed by atoms with Gasteiger partial charge in [-0.1, -0.05) is 65.1 Å². The number of nitrogens with zero attached hydrogens (tertiary/aromatic N) is 1. The van der Waals surface area contributed by atoms with Gasteiger partial charge in [-0.05, 0) is 60.0 Å². The van der Waals surface area contributed by atoms with Crippen LogP contribution in [0.1, 0.15) is 16.7 Å². The summed E-state index contributed by atoms with van der Waals surface area (Å²) < 4.78 is 15.5. The van der Waals surface area contributed by atoms with Gasteiger partial charge in [0.1, 0.15) is 5.82 Å². The molecule has 0 unspecified atom stereocenters. The molecule has 4 rings (SSSR count). The molecule has 0 spiro atoms. The number of fused-ring (bicyclic) bond motifs is 1.